The normalized spacial score (nSPS) is 24.0. The van der Waals surface area contributed by atoms with Crippen LogP contribution in [0.3, 0.4) is 0 Å². The molecule has 0 spiro atoms. The fraction of sp³-hybridized carbons (Fsp3) is 0.589. The van der Waals surface area contributed by atoms with Gasteiger partial charge >= 0.3 is 71.1 Å². The van der Waals surface area contributed by atoms with E-state index in [4.69, 9.17) is 67.7 Å². The van der Waals surface area contributed by atoms with Gasteiger partial charge in [-0.3, -0.25) is 23.2 Å². The molecule has 31 nitrogen and oxygen atoms in total. The number of nitrogens with two attached hydrogens (primary N) is 1. The number of Topliss-reactive ketones (excluding diaryl/α,β-unsaturated/α-hetero) is 2. The largest absolute Gasteiger partial charge is 0.522 e. The van der Waals surface area contributed by atoms with Crippen molar-refractivity contribution in [3.8, 4) is 0 Å². The van der Waals surface area contributed by atoms with Crippen LogP contribution in [0.5, 0.6) is 0 Å². The molecule has 6 amide bonds. The number of ether oxygens (including phenoxy) is 3. The summed E-state index contributed by atoms with van der Waals surface area (Å²) in [5.41, 5.74) is -17.1. The van der Waals surface area contributed by atoms with Crippen LogP contribution in [0.25, 0.3) is 0 Å². The number of benzene rings is 4. The molecule has 4 aromatic carbocycles. The second-order valence-corrected chi connectivity index (χ2v) is 45.5. The summed E-state index contributed by atoms with van der Waals surface area (Å²) in [5.74, 6) is -0.103. The summed E-state index contributed by atoms with van der Waals surface area (Å²) in [4.78, 5) is 79.3. The molecule has 1 aliphatic heterocycles. The van der Waals surface area contributed by atoms with E-state index in [9.17, 15) is 83.6 Å². The van der Waals surface area contributed by atoms with Crippen molar-refractivity contribution in [2.45, 2.75) is 246 Å². The number of urea groups is 2. The van der Waals surface area contributed by atoms with Gasteiger partial charge in [0.25, 0.3) is 0 Å². The van der Waals surface area contributed by atoms with Crippen molar-refractivity contribution >= 4 is 94.2 Å². The van der Waals surface area contributed by atoms with Crippen LogP contribution in [0.4, 0.5) is 70.1 Å². The number of carbonyl (C=O) groups is 6. The standard InChI is InChI=1S/C35H54N4O7Si.C27H45N3O6Si.C8H9NO.3CHF3O3S.Sc/c1-12-34(44)28(36-27-20-16-19-26(21-27)23(2)40)29(37-31(42)45-22-25-17-14-13-15-18-25)35(33(34,7)43,38-30(41)39(8)9)24(3)46-47(10,11)32(4,5)6;1-11-26-21(35-26)20(28-23(32)34-17-19-15-13-12-14-16-19)27(25(26,6)33,29-22(31)30(7)8)18(2)36-37(9,10)24(3,4)5;1-6(10)7-3-2-4-8(9)5-7;3*2-1(3,4)8(5,6)7;/h13-21,24,28-29,36,43-44H,12,22H2,1-11H3,(H,37,42)(H,38,41);12-16,18,20-21,33H,11,17H2,1-10H3,(H,28,32)(H,29,31);2-5H,9H2,1H3;3*(H,5,6,7);/t24-,28-,29-,33-,34+,35-;18-,20-,21+,25-,26+,27-;;;;;/m00...../s1. The van der Waals surface area contributed by atoms with Crippen molar-refractivity contribution in [1.82, 2.24) is 31.1 Å². The van der Waals surface area contributed by atoms with E-state index < -0.39 is 158 Å². The zero-order valence-electron chi connectivity index (χ0n) is 70.0. The maximum Gasteiger partial charge on any atom is 0.522 e. The summed E-state index contributed by atoms with van der Waals surface area (Å²) in [6.07, 6.45) is -3.08. The third-order valence-corrected chi connectivity index (χ3v) is 32.1. The molecular weight excluding hydrogens is 1730 g/mol. The number of nitrogens with zero attached hydrogens (tertiary/aromatic N) is 2. The predicted octanol–water partition coefficient (Wildman–Crippen LogP) is 12.0. The number of anilines is 2. The van der Waals surface area contributed by atoms with E-state index >= 15 is 0 Å². The monoisotopic (exact) mass is 1840 g/mol. The minimum absolute atomic E-state index is 0. The number of ketones is 2. The molecule has 0 bridgehead atoms. The molecule has 0 aromatic heterocycles. The second-order valence-electron chi connectivity index (χ2n) is 31.7. The molecule has 0 unspecified atom stereocenters. The average Bonchev–Trinajstić information content (AvgIpc) is 1.47. The summed E-state index contributed by atoms with van der Waals surface area (Å²) in [7, 11) is -16.1. The van der Waals surface area contributed by atoms with Crippen molar-refractivity contribution in [3.05, 3.63) is 131 Å². The molecule has 1 radical (unpaired) electrons. The first kappa shape index (κ1) is 110. The Kier molecular flexibility index (Phi) is 38.0. The number of nitrogen functional groups attached to an aromatic ring is 1. The smallest absolute Gasteiger partial charge is 0.445 e. The molecule has 3 aliphatic rings. The quantitative estimate of drug-likeness (QED) is 0.00743. The Morgan fingerprint density at radius 2 is 0.857 bits per heavy atom. The predicted molar refractivity (Wildman–Crippen MR) is 424 cm³/mol. The molecule has 46 heteroatoms. The van der Waals surface area contributed by atoms with Crippen LogP contribution in [0.2, 0.25) is 36.3 Å². The molecule has 2 aliphatic carbocycles. The van der Waals surface area contributed by atoms with Crippen LogP contribution in [-0.4, -0.2) is 231 Å². The molecule has 7 rings (SSSR count). The Morgan fingerprint density at radius 1 is 0.529 bits per heavy atom. The van der Waals surface area contributed by atoms with E-state index in [-0.39, 0.29) is 67.1 Å². The van der Waals surface area contributed by atoms with Crippen LogP contribution in [-0.2, 0) is 92.5 Å². The zero-order valence-corrected chi connectivity index (χ0v) is 76.2. The van der Waals surface area contributed by atoms with E-state index in [0.717, 1.165) is 11.1 Å². The van der Waals surface area contributed by atoms with E-state index in [1.54, 1.807) is 97.5 Å². The summed E-state index contributed by atoms with van der Waals surface area (Å²) < 4.78 is 204. The van der Waals surface area contributed by atoms with E-state index in [2.05, 4.69) is 94.3 Å². The van der Waals surface area contributed by atoms with Crippen molar-refractivity contribution in [3.63, 3.8) is 0 Å². The third-order valence-electron chi connectivity index (χ3n) is 21.2. The number of alkyl halides is 9. The van der Waals surface area contributed by atoms with Gasteiger partial charge in [-0.05, 0) is 126 Å². The molecule has 3 fully saturated rings. The van der Waals surface area contributed by atoms with Crippen LogP contribution >= 0.6 is 0 Å². The van der Waals surface area contributed by atoms with Gasteiger partial charge in [-0.2, -0.15) is 64.8 Å². The summed E-state index contributed by atoms with van der Waals surface area (Å²) in [6.45, 7) is 34.5. The molecular formula is C73H111F9N8O23S3ScSi2. The average molecular weight is 1840 g/mol. The summed E-state index contributed by atoms with van der Waals surface area (Å²) >= 11 is 0. The minimum Gasteiger partial charge on any atom is -0.445 e. The fourth-order valence-electron chi connectivity index (χ4n) is 12.5. The van der Waals surface area contributed by atoms with Crippen LogP contribution in [0, 0.1) is 0 Å². The van der Waals surface area contributed by atoms with Gasteiger partial charge < -0.3 is 80.5 Å². The van der Waals surface area contributed by atoms with Gasteiger partial charge in [-0.25, -0.2) is 19.2 Å². The molecule has 4 aromatic rings. The number of halogens is 9. The zero-order chi connectivity index (χ0) is 92.2. The van der Waals surface area contributed by atoms with Gasteiger partial charge in [-0.15, -0.1) is 0 Å². The van der Waals surface area contributed by atoms with Crippen molar-refractivity contribution in [1.29, 1.82) is 0 Å². The maximum atomic E-state index is 13.7. The van der Waals surface area contributed by atoms with Gasteiger partial charge in [0.05, 0.1) is 30.3 Å². The number of epoxide rings is 1. The number of aliphatic hydroxyl groups is 3. The molecule has 12 atom stereocenters. The second kappa shape index (κ2) is 41.0. The Balaban J connectivity index is 0.000000855. The Hall–Kier alpha value is -6.94. The Bertz CT molecular complexity index is 4360. The van der Waals surface area contributed by atoms with Crippen molar-refractivity contribution in [2.75, 3.05) is 39.2 Å². The molecule has 1 saturated heterocycles. The minimum atomic E-state index is -5.84. The molecule has 119 heavy (non-hydrogen) atoms. The Morgan fingerprint density at radius 3 is 1.15 bits per heavy atom. The third kappa shape index (κ3) is 27.0. The first-order valence-electron chi connectivity index (χ1n) is 36.0. The number of fused-ring (bicyclic) bond motifs is 1. The van der Waals surface area contributed by atoms with Crippen LogP contribution in [0.1, 0.15) is 142 Å². The van der Waals surface area contributed by atoms with Crippen LogP contribution in [0.15, 0.2) is 109 Å². The number of carbonyl (C=O) groups excluding carboxylic acids is 6. The molecule has 2 saturated carbocycles. The van der Waals surface area contributed by atoms with Gasteiger partial charge in [0, 0.05) is 76.5 Å². The summed E-state index contributed by atoms with van der Waals surface area (Å²) in [5, 5.41) is 52.6. The number of amides is 6. The van der Waals surface area contributed by atoms with Gasteiger partial charge in [0.15, 0.2) is 28.2 Å². The van der Waals surface area contributed by atoms with E-state index in [1.165, 1.54) is 30.6 Å². The Labute approximate surface area is 708 Å². The maximum absolute atomic E-state index is 13.7. The van der Waals surface area contributed by atoms with E-state index in [1.807, 2.05) is 74.5 Å². The first-order chi connectivity index (χ1) is 53.1. The number of rotatable bonds is 20. The number of hydrogen-bond donors (Lipinski definition) is 12. The number of nitrogens with one attached hydrogen (secondary N) is 5. The molecule has 673 valence electrons. The van der Waals surface area contributed by atoms with Crippen LogP contribution < -0.4 is 32.3 Å². The van der Waals surface area contributed by atoms with Crippen molar-refractivity contribution in [2.24, 2.45) is 0 Å². The molecule has 13 N–H and O–H groups in total. The fourth-order valence-corrected chi connectivity index (χ4v) is 15.4. The summed E-state index contributed by atoms with van der Waals surface area (Å²) in [6, 6.07) is 28.2. The first-order valence-corrected chi connectivity index (χ1v) is 46.2. The number of alkyl carbamates (subject to hydrolysis) is 2. The number of hydrogen-bond acceptors (Lipinski definition) is 22. The molecule has 1 heterocycles. The van der Waals surface area contributed by atoms with Gasteiger partial charge in [0.2, 0.25) is 0 Å². The topological polar surface area (TPSA) is 468 Å². The van der Waals surface area contributed by atoms with Gasteiger partial charge in [0.1, 0.15) is 52.8 Å². The SMILES string of the molecule is CC(=O)c1cccc(N)c1.CC[C@@]1(O)[C@@H](Nc2cccc(C(C)=O)c2)[C@H](NC(=O)OCc2ccccc2)[C@@](NC(=O)N(C)C)([C@H](C)O[Si](C)(C)C(C)(C)C)[C@@]1(C)O.CC[C@@]12O[C@@H]1[C@H](NC(=O)OCc1ccccc1)[C@@](NC(=O)N(C)C)([C@H](C)O[Si](C)(C)C(C)(C)C)[C@@]2(C)O.O=S(=O)(O)C(F)(F)F.O=S(=O)(O)C(F)(F)F.O=S(=O)(O)C(F)(F)F.[Sc]. The van der Waals surface area contributed by atoms with E-state index in [0.29, 0.717) is 28.9 Å². The van der Waals surface area contributed by atoms with Gasteiger partial charge in [-0.1, -0.05) is 140 Å². The van der Waals surface area contributed by atoms with Crippen molar-refractivity contribution < 1.29 is 171 Å².